The van der Waals surface area contributed by atoms with Crippen molar-refractivity contribution in [3.63, 3.8) is 0 Å². The van der Waals surface area contributed by atoms with Crippen LogP contribution in [0, 0.1) is 5.92 Å². The largest absolute Gasteiger partial charge is 0.444 e. The normalized spacial score (nSPS) is 19.9. The molecule has 3 fully saturated rings. The molecule has 1 saturated carbocycles. The van der Waals surface area contributed by atoms with Gasteiger partial charge in [-0.3, -0.25) is 14.3 Å². The minimum Gasteiger partial charge on any atom is -0.444 e. The Labute approximate surface area is 257 Å². The fourth-order valence-corrected chi connectivity index (χ4v) is 5.81. The van der Waals surface area contributed by atoms with E-state index in [1.54, 1.807) is 47.2 Å². The summed E-state index contributed by atoms with van der Waals surface area (Å²) in [6, 6.07) is 3.68. The number of pyridine rings is 1. The molecular weight excluding hydrogens is 562 g/mol. The predicted molar refractivity (Wildman–Crippen MR) is 166 cm³/mol. The number of ether oxygens (including phenoxy) is 2. The molecule has 3 aliphatic rings. The molecule has 0 bridgehead atoms. The van der Waals surface area contributed by atoms with Gasteiger partial charge in [0, 0.05) is 57.8 Å². The molecule has 1 amide bonds. The van der Waals surface area contributed by atoms with Crippen molar-refractivity contribution in [2.45, 2.75) is 77.3 Å². The van der Waals surface area contributed by atoms with Crippen LogP contribution in [0.15, 0.2) is 41.7 Å². The number of aromatic nitrogens is 6. The fraction of sp³-hybridized carbons (Fsp3) is 0.613. The third-order valence-corrected chi connectivity index (χ3v) is 8.60. The van der Waals surface area contributed by atoms with Gasteiger partial charge in [-0.2, -0.15) is 0 Å². The highest BCUT2D eigenvalue weighted by Gasteiger charge is 2.36. The van der Waals surface area contributed by atoms with Gasteiger partial charge in [0.25, 0.3) is 5.56 Å². The zero-order chi connectivity index (χ0) is 31.0. The number of carbonyl (C=O) groups excluding carboxylic acids is 1. The molecule has 0 spiro atoms. The summed E-state index contributed by atoms with van der Waals surface area (Å²) in [6.45, 7) is 11.4. The van der Waals surface area contributed by atoms with E-state index in [2.05, 4.69) is 25.1 Å². The molecular formula is C31H43N9O4. The second-order valence-electron chi connectivity index (χ2n) is 13.2. The summed E-state index contributed by atoms with van der Waals surface area (Å²) in [5, 5.41) is 8.62. The van der Waals surface area contributed by atoms with E-state index in [1.807, 2.05) is 38.7 Å². The number of piperidine rings is 1. The van der Waals surface area contributed by atoms with E-state index >= 15 is 0 Å². The van der Waals surface area contributed by atoms with Gasteiger partial charge in [0.15, 0.2) is 0 Å². The van der Waals surface area contributed by atoms with Crippen molar-refractivity contribution in [1.82, 2.24) is 34.4 Å². The average molecular weight is 606 g/mol. The molecule has 2 saturated heterocycles. The highest BCUT2D eigenvalue weighted by Crippen LogP contribution is 2.33. The van der Waals surface area contributed by atoms with E-state index in [0.29, 0.717) is 23.9 Å². The number of rotatable bonds is 9. The lowest BCUT2D eigenvalue weighted by molar-refractivity contribution is 0.0134. The number of carbonyl (C=O) groups is 1. The molecule has 13 heteroatoms. The number of hydrogen-bond donors (Lipinski definition) is 0. The van der Waals surface area contributed by atoms with Crippen LogP contribution in [0.2, 0.25) is 0 Å². The van der Waals surface area contributed by atoms with Gasteiger partial charge in [-0.15, -0.1) is 5.10 Å². The number of methoxy groups -OCH3 is 1. The van der Waals surface area contributed by atoms with Gasteiger partial charge in [-0.25, -0.2) is 14.5 Å². The van der Waals surface area contributed by atoms with Gasteiger partial charge < -0.3 is 24.2 Å². The van der Waals surface area contributed by atoms with Crippen LogP contribution in [0.3, 0.4) is 0 Å². The Kier molecular flexibility index (Phi) is 8.32. The topological polar surface area (TPSA) is 124 Å². The van der Waals surface area contributed by atoms with Gasteiger partial charge in [-0.1, -0.05) is 5.21 Å². The number of amides is 1. The monoisotopic (exact) mass is 605 g/mol. The standard InChI is InChI=1S/C31H43N9O4/c1-21(40-20-27(34-35-40)26-14-32-15-28(33-26)37-18-25(19-37)43-5)38-12-10-23(13-29(38)41)36-11-6-7-24(17-36)39(16-22-8-9-22)30(42)44-31(2,3)4/h10,12-15,20-22,24-25H,6-9,11,16-19H2,1-5H3/t21?,24-/m1/s1. The lowest BCUT2D eigenvalue weighted by Crippen LogP contribution is -2.52. The Bertz CT molecular complexity index is 1520. The molecule has 0 aromatic carbocycles. The SMILES string of the molecule is COC1CN(c2cncc(-c3cn(C(C)n4ccc(N5CCC[C@@H](N(CC6CC6)C(=O)OC(C)(C)C)C5)cc4=O)nn3)n2)C1. The molecule has 2 atom stereocenters. The van der Waals surface area contributed by atoms with Crippen molar-refractivity contribution >= 4 is 17.6 Å². The van der Waals surface area contributed by atoms with E-state index in [9.17, 15) is 9.59 Å². The molecule has 0 radical (unpaired) electrons. The summed E-state index contributed by atoms with van der Waals surface area (Å²) in [6.07, 6.45) is 10.7. The van der Waals surface area contributed by atoms with E-state index in [0.717, 1.165) is 63.4 Å². The molecule has 3 aromatic rings. The van der Waals surface area contributed by atoms with Crippen LogP contribution in [0.4, 0.5) is 16.3 Å². The van der Waals surface area contributed by atoms with Crippen molar-refractivity contribution in [3.8, 4) is 11.4 Å². The highest BCUT2D eigenvalue weighted by atomic mass is 16.6. The van der Waals surface area contributed by atoms with Crippen molar-refractivity contribution in [2.24, 2.45) is 5.92 Å². The van der Waals surface area contributed by atoms with Crippen molar-refractivity contribution in [3.05, 3.63) is 47.3 Å². The molecule has 44 heavy (non-hydrogen) atoms. The first-order valence-electron chi connectivity index (χ1n) is 15.6. The van der Waals surface area contributed by atoms with Gasteiger partial charge in [0.05, 0.1) is 30.7 Å². The van der Waals surface area contributed by atoms with Gasteiger partial charge in [-0.05, 0) is 65.4 Å². The summed E-state index contributed by atoms with van der Waals surface area (Å²) < 4.78 is 14.4. The quantitative estimate of drug-likeness (QED) is 0.358. The van der Waals surface area contributed by atoms with Gasteiger partial charge in [0.1, 0.15) is 29.0 Å². The smallest absolute Gasteiger partial charge is 0.410 e. The van der Waals surface area contributed by atoms with Crippen LogP contribution >= 0.6 is 0 Å². The Hall–Kier alpha value is -4.00. The number of anilines is 2. The molecule has 5 heterocycles. The third kappa shape index (κ3) is 6.72. The summed E-state index contributed by atoms with van der Waals surface area (Å²) in [7, 11) is 1.71. The van der Waals surface area contributed by atoms with Crippen molar-refractivity contribution < 1.29 is 14.3 Å². The minimum absolute atomic E-state index is 0.0400. The summed E-state index contributed by atoms with van der Waals surface area (Å²) in [5.74, 6) is 1.33. The Morgan fingerprint density at radius 3 is 2.61 bits per heavy atom. The Balaban J connectivity index is 1.14. The van der Waals surface area contributed by atoms with Crippen molar-refractivity contribution in [2.75, 3.05) is 49.6 Å². The van der Waals surface area contributed by atoms with E-state index in [1.165, 1.54) is 0 Å². The predicted octanol–water partition coefficient (Wildman–Crippen LogP) is 3.41. The highest BCUT2D eigenvalue weighted by molar-refractivity contribution is 5.69. The maximum Gasteiger partial charge on any atom is 0.410 e. The van der Waals surface area contributed by atoms with Crippen LogP contribution in [0.25, 0.3) is 11.4 Å². The van der Waals surface area contributed by atoms with Crippen LogP contribution in [-0.4, -0.2) is 98.1 Å². The zero-order valence-electron chi connectivity index (χ0n) is 26.3. The fourth-order valence-electron chi connectivity index (χ4n) is 5.81. The van der Waals surface area contributed by atoms with E-state index in [-0.39, 0.29) is 23.8 Å². The first kappa shape index (κ1) is 30.0. The Morgan fingerprint density at radius 1 is 1.11 bits per heavy atom. The van der Waals surface area contributed by atoms with Gasteiger partial charge in [0.2, 0.25) is 0 Å². The molecule has 1 unspecified atom stereocenters. The van der Waals surface area contributed by atoms with Crippen LogP contribution in [0.1, 0.15) is 59.5 Å². The summed E-state index contributed by atoms with van der Waals surface area (Å²) in [5.41, 5.74) is 1.38. The lowest BCUT2D eigenvalue weighted by atomic mass is 10.0. The first-order chi connectivity index (χ1) is 21.1. The molecule has 6 rings (SSSR count). The minimum atomic E-state index is -0.542. The van der Waals surface area contributed by atoms with Gasteiger partial charge >= 0.3 is 6.09 Å². The van der Waals surface area contributed by atoms with Crippen LogP contribution in [-0.2, 0) is 9.47 Å². The van der Waals surface area contributed by atoms with E-state index in [4.69, 9.17) is 14.5 Å². The van der Waals surface area contributed by atoms with E-state index < -0.39 is 11.8 Å². The Morgan fingerprint density at radius 2 is 1.91 bits per heavy atom. The third-order valence-electron chi connectivity index (χ3n) is 8.60. The number of nitrogens with zero attached hydrogens (tertiary/aromatic N) is 9. The zero-order valence-corrected chi connectivity index (χ0v) is 26.3. The lowest BCUT2D eigenvalue weighted by Gasteiger charge is -2.40. The summed E-state index contributed by atoms with van der Waals surface area (Å²) in [4.78, 5) is 41.8. The number of hydrogen-bond acceptors (Lipinski definition) is 10. The maximum atomic E-state index is 13.4. The second-order valence-corrected chi connectivity index (χ2v) is 13.2. The second kappa shape index (κ2) is 12.2. The molecule has 0 N–H and O–H groups in total. The van der Waals surface area contributed by atoms with Crippen LogP contribution < -0.4 is 15.4 Å². The molecule has 1 aliphatic carbocycles. The molecule has 236 valence electrons. The first-order valence-corrected chi connectivity index (χ1v) is 15.6. The average Bonchev–Trinajstić information content (AvgIpc) is 3.66. The van der Waals surface area contributed by atoms with Crippen LogP contribution in [0.5, 0.6) is 0 Å². The molecule has 2 aliphatic heterocycles. The summed E-state index contributed by atoms with van der Waals surface area (Å²) >= 11 is 0. The molecule has 3 aromatic heterocycles. The maximum absolute atomic E-state index is 13.4. The molecule has 13 nitrogen and oxygen atoms in total. The van der Waals surface area contributed by atoms with Crippen molar-refractivity contribution in [1.29, 1.82) is 0 Å².